The van der Waals surface area contributed by atoms with Crippen molar-refractivity contribution in [1.82, 2.24) is 4.98 Å². The number of rotatable bonds is 0. The van der Waals surface area contributed by atoms with Crippen LogP contribution in [0.15, 0.2) is 22.3 Å². The van der Waals surface area contributed by atoms with E-state index in [1.807, 2.05) is 11.4 Å². The first kappa shape index (κ1) is 4.09. The SMILES string of the molecule is c1nc2sccc2o1. The van der Waals surface area contributed by atoms with Gasteiger partial charge in [-0.25, -0.2) is 4.98 Å². The molecule has 2 nitrogen and oxygen atoms in total. The van der Waals surface area contributed by atoms with E-state index in [2.05, 4.69) is 4.98 Å². The van der Waals surface area contributed by atoms with Crippen molar-refractivity contribution in [2.75, 3.05) is 0 Å². The number of fused-ring (bicyclic) bond motifs is 1. The Labute approximate surface area is 49.8 Å². The highest BCUT2D eigenvalue weighted by atomic mass is 32.1. The maximum atomic E-state index is 4.96. The van der Waals surface area contributed by atoms with Gasteiger partial charge in [0.1, 0.15) is 0 Å². The fourth-order valence-electron chi connectivity index (χ4n) is 0.604. The Balaban J connectivity index is 3.06. The van der Waals surface area contributed by atoms with E-state index >= 15 is 0 Å². The zero-order chi connectivity index (χ0) is 5.40. The lowest BCUT2D eigenvalue weighted by atomic mass is 10.6. The van der Waals surface area contributed by atoms with Gasteiger partial charge in [0.05, 0.1) is 0 Å². The Bertz CT molecular complexity index is 234. The first-order valence-electron chi connectivity index (χ1n) is 2.23. The largest absolute Gasteiger partial charge is 0.443 e. The van der Waals surface area contributed by atoms with E-state index < -0.39 is 0 Å². The molecule has 0 radical (unpaired) electrons. The summed E-state index contributed by atoms with van der Waals surface area (Å²) in [5.41, 5.74) is 0.884. The maximum absolute atomic E-state index is 4.96. The normalized spacial score (nSPS) is 10.5. The average molecular weight is 125 g/mol. The van der Waals surface area contributed by atoms with Gasteiger partial charge in [0.15, 0.2) is 16.8 Å². The van der Waals surface area contributed by atoms with Crippen LogP contribution < -0.4 is 0 Å². The van der Waals surface area contributed by atoms with Gasteiger partial charge < -0.3 is 4.42 Å². The number of aromatic nitrogens is 1. The van der Waals surface area contributed by atoms with E-state index in [9.17, 15) is 0 Å². The molecular weight excluding hydrogens is 122 g/mol. The van der Waals surface area contributed by atoms with E-state index in [1.165, 1.54) is 6.39 Å². The molecule has 0 unspecified atom stereocenters. The topological polar surface area (TPSA) is 26.0 Å². The molecule has 8 heavy (non-hydrogen) atoms. The van der Waals surface area contributed by atoms with E-state index in [-0.39, 0.29) is 0 Å². The molecule has 0 atom stereocenters. The smallest absolute Gasteiger partial charge is 0.182 e. The van der Waals surface area contributed by atoms with Crippen molar-refractivity contribution < 1.29 is 4.42 Å². The summed E-state index contributed by atoms with van der Waals surface area (Å²) in [5.74, 6) is 0. The van der Waals surface area contributed by atoms with E-state index in [0.29, 0.717) is 0 Å². The molecule has 2 heterocycles. The van der Waals surface area contributed by atoms with Crippen LogP contribution >= 0.6 is 11.3 Å². The summed E-state index contributed by atoms with van der Waals surface area (Å²) >= 11 is 1.59. The van der Waals surface area contributed by atoms with E-state index in [0.717, 1.165) is 10.4 Å². The van der Waals surface area contributed by atoms with Gasteiger partial charge in [0.25, 0.3) is 0 Å². The van der Waals surface area contributed by atoms with Crippen molar-refractivity contribution in [1.29, 1.82) is 0 Å². The highest BCUT2D eigenvalue weighted by Crippen LogP contribution is 2.17. The van der Waals surface area contributed by atoms with Crippen molar-refractivity contribution in [3.63, 3.8) is 0 Å². The van der Waals surface area contributed by atoms with Gasteiger partial charge in [0.2, 0.25) is 0 Å². The number of nitrogens with zero attached hydrogens (tertiary/aromatic N) is 1. The van der Waals surface area contributed by atoms with Crippen LogP contribution in [0.2, 0.25) is 0 Å². The molecule has 0 spiro atoms. The zero-order valence-electron chi connectivity index (χ0n) is 4.00. The van der Waals surface area contributed by atoms with Gasteiger partial charge in [0, 0.05) is 0 Å². The standard InChI is InChI=1S/C5H3NOS/c1-2-8-5-4(1)7-3-6-5/h1-3H. The molecule has 0 saturated heterocycles. The fraction of sp³-hybridized carbons (Fsp3) is 0. The van der Waals surface area contributed by atoms with Crippen molar-refractivity contribution in [2.45, 2.75) is 0 Å². The van der Waals surface area contributed by atoms with Crippen LogP contribution in [0.3, 0.4) is 0 Å². The quantitative estimate of drug-likeness (QED) is 0.537. The summed E-state index contributed by atoms with van der Waals surface area (Å²) in [5, 5.41) is 1.96. The van der Waals surface area contributed by atoms with Gasteiger partial charge in [-0.1, -0.05) is 0 Å². The fourth-order valence-corrected chi connectivity index (χ4v) is 1.26. The third kappa shape index (κ3) is 0.391. The third-order valence-corrected chi connectivity index (χ3v) is 1.76. The summed E-state index contributed by atoms with van der Waals surface area (Å²) < 4.78 is 4.96. The Morgan fingerprint density at radius 3 is 3.50 bits per heavy atom. The minimum Gasteiger partial charge on any atom is -0.443 e. The Morgan fingerprint density at radius 1 is 1.62 bits per heavy atom. The monoisotopic (exact) mass is 125 g/mol. The minimum absolute atomic E-state index is 0.884. The predicted molar refractivity (Wildman–Crippen MR) is 31.9 cm³/mol. The average Bonchev–Trinajstić information content (AvgIpc) is 2.15. The summed E-state index contributed by atoms with van der Waals surface area (Å²) in [4.78, 5) is 4.91. The van der Waals surface area contributed by atoms with Gasteiger partial charge in [-0.3, -0.25) is 0 Å². The molecule has 0 N–H and O–H groups in total. The Kier molecular flexibility index (Phi) is 0.676. The Morgan fingerprint density at radius 2 is 2.62 bits per heavy atom. The summed E-state index contributed by atoms with van der Waals surface area (Å²) in [7, 11) is 0. The molecule has 2 aromatic heterocycles. The van der Waals surface area contributed by atoms with E-state index in [1.54, 1.807) is 11.3 Å². The molecule has 40 valence electrons. The first-order valence-corrected chi connectivity index (χ1v) is 3.11. The third-order valence-electron chi connectivity index (χ3n) is 0.960. The van der Waals surface area contributed by atoms with Crippen molar-refractivity contribution in [2.24, 2.45) is 0 Å². The van der Waals surface area contributed by atoms with Crippen LogP contribution in [0.5, 0.6) is 0 Å². The second kappa shape index (κ2) is 1.32. The van der Waals surface area contributed by atoms with Gasteiger partial charge >= 0.3 is 0 Å². The first-order chi connectivity index (χ1) is 3.97. The molecule has 0 fully saturated rings. The maximum Gasteiger partial charge on any atom is 0.182 e. The molecule has 0 bridgehead atoms. The Hall–Kier alpha value is -0.830. The highest BCUT2D eigenvalue weighted by Gasteiger charge is 1.94. The number of hydrogen-bond donors (Lipinski definition) is 0. The second-order valence-electron chi connectivity index (χ2n) is 1.44. The van der Waals surface area contributed by atoms with Crippen LogP contribution in [-0.2, 0) is 0 Å². The number of thiophene rings is 1. The molecule has 2 rings (SSSR count). The molecule has 0 aliphatic rings. The minimum atomic E-state index is 0.884. The predicted octanol–water partition coefficient (Wildman–Crippen LogP) is 1.89. The van der Waals surface area contributed by atoms with Gasteiger partial charge in [-0.15, -0.1) is 11.3 Å². The van der Waals surface area contributed by atoms with Crippen LogP contribution in [0.25, 0.3) is 10.4 Å². The number of hydrogen-bond acceptors (Lipinski definition) is 3. The molecule has 2 aromatic rings. The molecule has 0 aliphatic carbocycles. The molecule has 3 heteroatoms. The lowest BCUT2D eigenvalue weighted by Crippen LogP contribution is -1.46. The molecular formula is C5H3NOS. The van der Waals surface area contributed by atoms with Crippen LogP contribution in [-0.4, -0.2) is 4.98 Å². The molecule has 0 aliphatic heterocycles. The van der Waals surface area contributed by atoms with Gasteiger partial charge in [-0.2, -0.15) is 0 Å². The van der Waals surface area contributed by atoms with Crippen molar-refractivity contribution >= 4 is 21.8 Å². The van der Waals surface area contributed by atoms with E-state index in [4.69, 9.17) is 4.42 Å². The van der Waals surface area contributed by atoms with Crippen molar-refractivity contribution in [3.8, 4) is 0 Å². The highest BCUT2D eigenvalue weighted by molar-refractivity contribution is 7.16. The second-order valence-corrected chi connectivity index (χ2v) is 2.34. The summed E-state index contributed by atoms with van der Waals surface area (Å²) in [6.45, 7) is 0. The molecule has 0 amide bonds. The molecule has 0 aromatic carbocycles. The lowest BCUT2D eigenvalue weighted by molar-refractivity contribution is 0.602. The van der Waals surface area contributed by atoms with Crippen molar-refractivity contribution in [3.05, 3.63) is 17.8 Å². The lowest BCUT2D eigenvalue weighted by Gasteiger charge is -1.62. The van der Waals surface area contributed by atoms with Crippen LogP contribution in [0.4, 0.5) is 0 Å². The van der Waals surface area contributed by atoms with Crippen LogP contribution in [0.1, 0.15) is 0 Å². The van der Waals surface area contributed by atoms with Crippen LogP contribution in [0, 0.1) is 0 Å². The summed E-state index contributed by atoms with van der Waals surface area (Å²) in [6, 6.07) is 1.91. The molecule has 0 saturated carbocycles. The zero-order valence-corrected chi connectivity index (χ0v) is 4.81. The number of oxazole rings is 1. The summed E-state index contributed by atoms with van der Waals surface area (Å²) in [6.07, 6.45) is 1.46. The van der Waals surface area contributed by atoms with Gasteiger partial charge in [-0.05, 0) is 11.4 Å².